The van der Waals surface area contributed by atoms with Crippen LogP contribution in [0.4, 0.5) is 13.2 Å². The van der Waals surface area contributed by atoms with Crippen molar-refractivity contribution in [3.05, 3.63) is 35.4 Å². The van der Waals surface area contributed by atoms with E-state index in [2.05, 4.69) is 14.8 Å². The standard InChI is InChI=1S/C24H29F3N6O6S/c1-14(2)12-18(20(34)13-29-28)30-22(36)19-4-3-11-32-21(35)10-9-17(23(37)33(19)32)31-40(38,39)16-7-5-15(6-8-16)24(25,26)27/h5-8,13-14,17-19,31H,3-4,9-12H2,1-2H3,(H,30,36)/t17?,18-,19-/m0/s1. The first-order valence-corrected chi connectivity index (χ1v) is 14.0. The van der Waals surface area contributed by atoms with Crippen LogP contribution in [0.15, 0.2) is 29.2 Å². The number of halogens is 3. The number of alkyl halides is 3. The molecule has 3 amide bonds. The highest BCUT2D eigenvalue weighted by Gasteiger charge is 2.46. The maximum absolute atomic E-state index is 13.6. The van der Waals surface area contributed by atoms with E-state index >= 15 is 0 Å². The normalized spacial score (nSPS) is 20.9. The van der Waals surface area contributed by atoms with E-state index in [0.29, 0.717) is 24.8 Å². The number of amides is 3. The average Bonchev–Trinajstić information content (AvgIpc) is 2.99. The SMILES string of the molecule is CC(C)C[C@H](NC(=O)[C@@H]1CCCN2C(=O)CCC(NS(=O)(=O)c3ccc(C(F)(F)F)cc3)C(=O)N12)C(=O)C=[N+]=[N-]. The lowest BCUT2D eigenvalue weighted by Gasteiger charge is -2.43. The van der Waals surface area contributed by atoms with Gasteiger partial charge in [-0.2, -0.15) is 22.7 Å². The van der Waals surface area contributed by atoms with Crippen LogP contribution in [0.3, 0.4) is 0 Å². The Labute approximate surface area is 228 Å². The summed E-state index contributed by atoms with van der Waals surface area (Å²) in [6.07, 6.45) is -3.88. The van der Waals surface area contributed by atoms with Crippen molar-refractivity contribution < 1.29 is 45.6 Å². The lowest BCUT2D eigenvalue weighted by atomic mass is 9.99. The van der Waals surface area contributed by atoms with Crippen molar-refractivity contribution >= 4 is 39.7 Å². The molecular weight excluding hydrogens is 557 g/mol. The molecule has 0 bridgehead atoms. The Morgan fingerprint density at radius 1 is 1.18 bits per heavy atom. The molecule has 16 heteroatoms. The Morgan fingerprint density at radius 3 is 2.40 bits per heavy atom. The summed E-state index contributed by atoms with van der Waals surface area (Å²) in [6, 6.07) is -1.14. The van der Waals surface area contributed by atoms with Crippen LogP contribution in [0.25, 0.3) is 5.53 Å². The predicted octanol–water partition coefficient (Wildman–Crippen LogP) is 1.28. The van der Waals surface area contributed by atoms with E-state index in [9.17, 15) is 40.8 Å². The van der Waals surface area contributed by atoms with Gasteiger partial charge in [0.1, 0.15) is 12.1 Å². The molecule has 2 fully saturated rings. The maximum Gasteiger partial charge on any atom is 0.416 e. The number of sulfonamides is 1. The highest BCUT2D eigenvalue weighted by molar-refractivity contribution is 7.89. The molecule has 2 N–H and O–H groups in total. The van der Waals surface area contributed by atoms with Gasteiger partial charge < -0.3 is 10.8 Å². The van der Waals surface area contributed by atoms with Crippen LogP contribution >= 0.6 is 0 Å². The van der Waals surface area contributed by atoms with Crippen LogP contribution < -0.4 is 10.0 Å². The molecule has 3 rings (SSSR count). The number of nitrogens with zero attached hydrogens (tertiary/aromatic N) is 4. The summed E-state index contributed by atoms with van der Waals surface area (Å²) >= 11 is 0. The molecule has 1 aromatic carbocycles. The van der Waals surface area contributed by atoms with Gasteiger partial charge in [0.05, 0.1) is 16.5 Å². The van der Waals surface area contributed by atoms with Crippen molar-refractivity contribution in [2.75, 3.05) is 6.54 Å². The van der Waals surface area contributed by atoms with Gasteiger partial charge in [-0.3, -0.25) is 24.2 Å². The van der Waals surface area contributed by atoms with E-state index in [0.717, 1.165) is 22.2 Å². The number of hydrazine groups is 1. The summed E-state index contributed by atoms with van der Waals surface area (Å²) in [5, 5.41) is 4.52. The molecule has 0 spiro atoms. The fraction of sp³-hybridized carbons (Fsp3) is 0.542. The zero-order valence-corrected chi connectivity index (χ0v) is 22.5. The number of ketones is 1. The largest absolute Gasteiger partial charge is 0.416 e. The second kappa shape index (κ2) is 12.3. The van der Waals surface area contributed by atoms with Crippen LogP contribution in [0, 0.1) is 5.92 Å². The Balaban J connectivity index is 1.87. The summed E-state index contributed by atoms with van der Waals surface area (Å²) in [5.41, 5.74) is 7.68. The van der Waals surface area contributed by atoms with E-state index in [1.807, 2.05) is 0 Å². The van der Waals surface area contributed by atoms with E-state index in [4.69, 9.17) is 5.53 Å². The molecule has 40 heavy (non-hydrogen) atoms. The Morgan fingerprint density at radius 2 is 1.82 bits per heavy atom. The van der Waals surface area contributed by atoms with Crippen LogP contribution in [0.5, 0.6) is 0 Å². The molecule has 2 aliphatic rings. The first-order chi connectivity index (χ1) is 18.7. The molecule has 3 atom stereocenters. The third-order valence-electron chi connectivity index (χ3n) is 6.51. The summed E-state index contributed by atoms with van der Waals surface area (Å²) in [7, 11) is -4.49. The van der Waals surface area contributed by atoms with E-state index < -0.39 is 68.3 Å². The maximum atomic E-state index is 13.6. The number of rotatable bonds is 9. The number of carbonyl (C=O) groups is 4. The van der Waals surface area contributed by atoms with Crippen molar-refractivity contribution in [2.45, 2.75) is 75.1 Å². The number of hydrogen-bond acceptors (Lipinski definition) is 6. The van der Waals surface area contributed by atoms with E-state index in [1.165, 1.54) is 0 Å². The molecule has 1 aromatic rings. The third-order valence-corrected chi connectivity index (χ3v) is 7.99. The first-order valence-electron chi connectivity index (χ1n) is 12.5. The van der Waals surface area contributed by atoms with Crippen molar-refractivity contribution in [3.8, 4) is 0 Å². The minimum atomic E-state index is -4.68. The summed E-state index contributed by atoms with van der Waals surface area (Å²) in [5.74, 6) is -2.91. The van der Waals surface area contributed by atoms with Gasteiger partial charge in [-0.1, -0.05) is 13.8 Å². The van der Waals surface area contributed by atoms with Crippen molar-refractivity contribution in [1.29, 1.82) is 0 Å². The molecule has 0 aliphatic carbocycles. The number of nitrogens with one attached hydrogen (secondary N) is 2. The monoisotopic (exact) mass is 586 g/mol. The molecule has 12 nitrogen and oxygen atoms in total. The third kappa shape index (κ3) is 7.11. The molecule has 0 aromatic heterocycles. The molecule has 218 valence electrons. The molecule has 2 saturated heterocycles. The molecule has 0 radical (unpaired) electrons. The molecule has 1 unspecified atom stereocenters. The minimum Gasteiger partial charge on any atom is -0.361 e. The lowest BCUT2D eigenvalue weighted by Crippen LogP contribution is -2.64. The molecular formula is C24H29F3N6O6S. The first kappa shape index (κ1) is 30.9. The second-order valence-corrected chi connectivity index (χ2v) is 11.6. The fourth-order valence-corrected chi connectivity index (χ4v) is 5.82. The predicted molar refractivity (Wildman–Crippen MR) is 132 cm³/mol. The van der Waals surface area contributed by atoms with Gasteiger partial charge in [0.15, 0.2) is 0 Å². The number of Topliss-reactive ketones (excluding diaryl/α,β-unsaturated/α-hetero) is 1. The molecule has 0 saturated carbocycles. The highest BCUT2D eigenvalue weighted by atomic mass is 32.2. The number of benzene rings is 1. The minimum absolute atomic E-state index is 0.0467. The van der Waals surface area contributed by atoms with Gasteiger partial charge in [-0.15, -0.1) is 0 Å². The molecule has 2 heterocycles. The fourth-order valence-electron chi connectivity index (χ4n) is 4.59. The Kier molecular flexibility index (Phi) is 9.48. The van der Waals surface area contributed by atoms with Crippen LogP contribution in [-0.2, 0) is 35.4 Å². The van der Waals surface area contributed by atoms with Gasteiger partial charge in [0.25, 0.3) is 11.7 Å². The van der Waals surface area contributed by atoms with Gasteiger partial charge in [0, 0.05) is 13.0 Å². The zero-order chi connectivity index (χ0) is 29.8. The van der Waals surface area contributed by atoms with Crippen molar-refractivity contribution in [2.24, 2.45) is 5.92 Å². The topological polar surface area (TPSA) is 169 Å². The summed E-state index contributed by atoms with van der Waals surface area (Å²) in [6.45, 7) is 3.70. The molecule has 2 aliphatic heterocycles. The van der Waals surface area contributed by atoms with Gasteiger partial charge >= 0.3 is 12.4 Å². The number of fused-ring (bicyclic) bond motifs is 1. The van der Waals surface area contributed by atoms with Gasteiger partial charge in [0.2, 0.25) is 21.8 Å². The quantitative estimate of drug-likeness (QED) is 0.251. The summed E-state index contributed by atoms with van der Waals surface area (Å²) in [4.78, 5) is 54.3. The average molecular weight is 587 g/mol. The number of carbonyl (C=O) groups excluding carboxylic acids is 4. The van der Waals surface area contributed by atoms with Gasteiger partial charge in [-0.25, -0.2) is 13.4 Å². The van der Waals surface area contributed by atoms with Gasteiger partial charge in [-0.05, 0) is 55.9 Å². The van der Waals surface area contributed by atoms with Crippen LogP contribution in [-0.4, -0.2) is 77.6 Å². The van der Waals surface area contributed by atoms with E-state index in [-0.39, 0.29) is 38.1 Å². The van der Waals surface area contributed by atoms with Crippen LogP contribution in [0.1, 0.15) is 51.5 Å². The van der Waals surface area contributed by atoms with Crippen molar-refractivity contribution in [1.82, 2.24) is 20.1 Å². The lowest BCUT2D eigenvalue weighted by molar-refractivity contribution is -0.176. The Hall–Kier alpha value is -3.62. The summed E-state index contributed by atoms with van der Waals surface area (Å²) < 4.78 is 66.7. The van der Waals surface area contributed by atoms with Crippen LogP contribution in [0.2, 0.25) is 0 Å². The van der Waals surface area contributed by atoms with E-state index in [1.54, 1.807) is 13.8 Å². The smallest absolute Gasteiger partial charge is 0.361 e. The second-order valence-electron chi connectivity index (χ2n) is 9.93. The highest BCUT2D eigenvalue weighted by Crippen LogP contribution is 2.30. The van der Waals surface area contributed by atoms with Crippen molar-refractivity contribution in [3.63, 3.8) is 0 Å². The zero-order valence-electron chi connectivity index (χ0n) is 21.7. The number of hydrogen-bond donors (Lipinski definition) is 2. The Bertz CT molecular complexity index is 1310.